The Hall–Kier alpha value is 0.980. The molecule has 0 aliphatic carbocycles. The molecule has 1 aliphatic heterocycles. The Morgan fingerprint density at radius 2 is 1.64 bits per heavy atom. The summed E-state index contributed by atoms with van der Waals surface area (Å²) < 4.78 is 50.4. The maximum absolute atomic E-state index is 12.4. The van der Waals surface area contributed by atoms with Crippen LogP contribution in [0.1, 0.15) is 23.8 Å². The van der Waals surface area contributed by atoms with Crippen molar-refractivity contribution >= 4 is 41.5 Å². The summed E-state index contributed by atoms with van der Waals surface area (Å²) in [6.07, 6.45) is 1.95. The van der Waals surface area contributed by atoms with Crippen molar-refractivity contribution in [1.82, 2.24) is 14.9 Å². The normalized spacial score (nSPS) is 20.1. The number of phosphoric ester groups is 1. The average molecular weight is 757 g/mol. The van der Waals surface area contributed by atoms with Gasteiger partial charge >= 0.3 is 124 Å². The zero-order valence-electron chi connectivity index (χ0n) is 25.4. The zero-order chi connectivity index (χ0) is 32.0. The number of rotatable bonds is 13. The number of phenolic OH excluding ortho intramolecular Hbond substituents is 1. The van der Waals surface area contributed by atoms with Crippen molar-refractivity contribution in [1.29, 1.82) is 0 Å². The van der Waals surface area contributed by atoms with E-state index in [4.69, 9.17) is 4.74 Å². The van der Waals surface area contributed by atoms with Crippen LogP contribution in [0, 0.1) is 0 Å². The van der Waals surface area contributed by atoms with Crippen molar-refractivity contribution in [3.8, 4) is 5.75 Å². The second-order valence-electron chi connectivity index (χ2n) is 8.56. The van der Waals surface area contributed by atoms with Crippen LogP contribution < -0.4 is 154 Å². The van der Waals surface area contributed by atoms with Crippen molar-refractivity contribution < 1.29 is 184 Å². The number of hydrogen-bond acceptors (Lipinski definition) is 16. The summed E-state index contributed by atoms with van der Waals surface area (Å²) in [5, 5.41) is 22.0. The fourth-order valence-electron chi connectivity index (χ4n) is 3.48. The van der Waals surface area contributed by atoms with Crippen molar-refractivity contribution in [3.05, 3.63) is 74.6 Å². The van der Waals surface area contributed by atoms with E-state index >= 15 is 0 Å². The molecule has 1 aromatic carbocycles. The molecule has 1 saturated heterocycles. The van der Waals surface area contributed by atoms with E-state index in [0.29, 0.717) is 5.56 Å². The topological polar surface area (TPSA) is 305 Å². The summed E-state index contributed by atoms with van der Waals surface area (Å²) in [5.41, 5.74) is -1.17. The smallest absolute Gasteiger partial charge is 0.790 e. The van der Waals surface area contributed by atoms with Gasteiger partial charge in [0.25, 0.3) is 21.2 Å². The Morgan fingerprint density at radius 3 is 2.23 bits per heavy atom. The Balaban J connectivity index is 0. The predicted octanol–water partition coefficient (Wildman–Crippen LogP) is -14.4. The number of nitrogens with zero attached hydrogens (tertiary/aromatic N) is 1. The summed E-state index contributed by atoms with van der Waals surface area (Å²) in [6.45, 7) is -1.09. The third-order valence-corrected chi connectivity index (χ3v) is 8.98. The van der Waals surface area contributed by atoms with Gasteiger partial charge in [0.15, 0.2) is 0 Å². The minimum Gasteiger partial charge on any atom is -0.790 e. The zero-order valence-corrected chi connectivity index (χ0v) is 36.1. The Bertz CT molecular complexity index is 1650. The molecular weight excluding hydrogens is 735 g/mol. The number of phenols is 1. The van der Waals surface area contributed by atoms with Gasteiger partial charge in [-0.1, -0.05) is 24.3 Å². The molecule has 1 aliphatic rings. The number of amides is 1. The maximum atomic E-state index is 12.4. The molecule has 0 spiro atoms. The van der Waals surface area contributed by atoms with Gasteiger partial charge in [-0.05, 0) is 23.8 Å². The summed E-state index contributed by atoms with van der Waals surface area (Å²) in [6, 6.07) is 6.09. The number of phosphoric acid groups is 3. The van der Waals surface area contributed by atoms with Crippen molar-refractivity contribution in [2.75, 3.05) is 13.2 Å². The van der Waals surface area contributed by atoms with Crippen LogP contribution in [-0.4, -0.2) is 51.0 Å². The predicted molar refractivity (Wildman–Crippen MR) is 136 cm³/mol. The number of hydrogen-bond donors (Lipinski definition) is 4. The van der Waals surface area contributed by atoms with E-state index < -0.39 is 65.7 Å². The number of aromatic hydroxyl groups is 1. The van der Waals surface area contributed by atoms with Gasteiger partial charge in [-0.15, -0.1) is 0 Å². The van der Waals surface area contributed by atoms with E-state index in [-0.39, 0.29) is 143 Å². The van der Waals surface area contributed by atoms with Crippen LogP contribution >= 0.6 is 23.5 Å². The van der Waals surface area contributed by atoms with E-state index in [2.05, 4.69) is 18.5 Å². The first-order chi connectivity index (χ1) is 19.9. The minimum atomic E-state index is -6.19. The van der Waals surface area contributed by atoms with Crippen molar-refractivity contribution in [2.45, 2.75) is 24.9 Å². The molecule has 236 valence electrons. The number of aromatic amines is 1. The second kappa shape index (κ2) is 22.1. The van der Waals surface area contributed by atoms with Crippen LogP contribution in [0.5, 0.6) is 5.75 Å². The van der Waals surface area contributed by atoms with Crippen LogP contribution in [0.4, 0.5) is 0 Å². The van der Waals surface area contributed by atoms with Crippen molar-refractivity contribution in [3.63, 3.8) is 0 Å². The fraction of sp³-hybridized carbons (Fsp3) is 0.286. The number of aromatic nitrogens is 2. The monoisotopic (exact) mass is 757 g/mol. The van der Waals surface area contributed by atoms with E-state index in [1.54, 1.807) is 12.1 Å². The first-order valence-electron chi connectivity index (χ1n) is 11.7. The SMILES string of the molecule is O=C(/C=C/c1ccc(O)cc1)NC/C=C/c1cn([C@H]2C[C@H](O)[C@@H](COP(=O)([O-])OP(=O)([O-])OP(=O)([O-])[O-])O2)c(=O)[nH]c1=O.[Na+].[Na+].[Na+].[Na+]. The number of carbonyl (C=O) groups excluding carboxylic acids is 1. The average Bonchev–Trinajstić information content (AvgIpc) is 3.24. The molecule has 3 rings (SSSR count). The third-order valence-electron chi connectivity index (χ3n) is 5.32. The molecule has 47 heavy (non-hydrogen) atoms. The minimum absolute atomic E-state index is 0. The number of H-pyrrole nitrogens is 1. The van der Waals surface area contributed by atoms with Gasteiger partial charge in [0.2, 0.25) is 5.91 Å². The molecule has 19 nitrogen and oxygen atoms in total. The number of benzene rings is 1. The summed E-state index contributed by atoms with van der Waals surface area (Å²) >= 11 is 0. The van der Waals surface area contributed by atoms with Gasteiger partial charge in [0.05, 0.1) is 26.1 Å². The second-order valence-corrected chi connectivity index (χ2v) is 12.8. The van der Waals surface area contributed by atoms with Gasteiger partial charge in [-0.3, -0.25) is 32.6 Å². The first kappa shape index (κ1) is 50.1. The molecule has 5 atom stereocenters. The van der Waals surface area contributed by atoms with E-state index in [9.17, 15) is 57.9 Å². The summed E-state index contributed by atoms with van der Waals surface area (Å²) in [7, 11) is -18.2. The summed E-state index contributed by atoms with van der Waals surface area (Å²) in [5.74, 6) is -0.394. The molecule has 2 aromatic rings. The molecule has 2 unspecified atom stereocenters. The van der Waals surface area contributed by atoms with Gasteiger partial charge in [-0.2, -0.15) is 0 Å². The van der Waals surface area contributed by atoms with Gasteiger partial charge < -0.3 is 48.9 Å². The molecule has 1 fully saturated rings. The molecule has 0 bridgehead atoms. The summed E-state index contributed by atoms with van der Waals surface area (Å²) in [4.78, 5) is 82.3. The molecule has 4 N–H and O–H groups in total. The largest absolute Gasteiger partial charge is 1.00 e. The van der Waals surface area contributed by atoms with Crippen LogP contribution in [0.2, 0.25) is 0 Å². The molecule has 1 aromatic heterocycles. The quantitative estimate of drug-likeness (QED) is 0.0838. The molecule has 0 radical (unpaired) electrons. The number of carbonyl (C=O) groups is 1. The fourth-order valence-corrected chi connectivity index (χ4v) is 6.34. The first-order valence-corrected chi connectivity index (χ1v) is 16.1. The number of ether oxygens (including phenoxy) is 1. The Morgan fingerprint density at radius 1 is 1.02 bits per heavy atom. The van der Waals surface area contributed by atoms with E-state index in [1.165, 1.54) is 36.4 Å². The molecule has 26 heteroatoms. The van der Waals surface area contributed by atoms with E-state index in [0.717, 1.165) is 10.8 Å². The molecule has 2 heterocycles. The van der Waals surface area contributed by atoms with Crippen LogP contribution in [0.3, 0.4) is 0 Å². The van der Waals surface area contributed by atoms with Gasteiger partial charge in [0.1, 0.15) is 18.1 Å². The maximum Gasteiger partial charge on any atom is 1.00 e. The van der Waals surface area contributed by atoms with Crippen LogP contribution in [-0.2, 0) is 36.4 Å². The van der Waals surface area contributed by atoms with Gasteiger partial charge in [-0.25, -0.2) is 9.11 Å². The number of aliphatic hydroxyl groups excluding tert-OH is 1. The third kappa shape index (κ3) is 17.8. The molecule has 0 saturated carbocycles. The Labute approximate surface area is 354 Å². The van der Waals surface area contributed by atoms with Crippen LogP contribution in [0.25, 0.3) is 12.2 Å². The van der Waals surface area contributed by atoms with Crippen LogP contribution in [0.15, 0.2) is 52.2 Å². The standard InChI is InChI=1S/C21H26N3O16P3.4Na/c25-15-6-3-13(4-7-15)5-8-18(27)22-9-1-2-14-11-24(21(29)23-20(14)28)19-10-16(26)17(38-19)12-37-42(33,34)40-43(35,36)39-41(30,31)32;;;;/h1-8,11,16-17,19,25-26H,9-10,12H2,(H,22,27)(H,33,34)(H,35,36)(H,23,28,29)(H2,30,31,32);;;;/q;4*+1/p-4/b2-1+,8-5+;;;;/t16-,17+,19+;;;;/m0..../s1. The Kier molecular flexibility index (Phi) is 23.6. The molecule has 1 amide bonds. The van der Waals surface area contributed by atoms with E-state index in [1.807, 2.05) is 4.98 Å². The van der Waals surface area contributed by atoms with Gasteiger partial charge in [0, 0.05) is 25.2 Å². The number of nitrogens with one attached hydrogen (secondary N) is 2. The van der Waals surface area contributed by atoms with Crippen molar-refractivity contribution in [2.24, 2.45) is 0 Å². The molecular formula is C21H22N3Na4O16P3. The number of aliphatic hydroxyl groups is 1.